The van der Waals surface area contributed by atoms with E-state index < -0.39 is 6.10 Å². The fourth-order valence-electron chi connectivity index (χ4n) is 3.20. The van der Waals surface area contributed by atoms with E-state index in [0.717, 1.165) is 63.5 Å². The van der Waals surface area contributed by atoms with Gasteiger partial charge in [0.2, 0.25) is 0 Å². The number of hydrogen-bond donors (Lipinski definition) is 2. The molecule has 4 rings (SSSR count). The molecule has 0 bridgehead atoms. The first-order chi connectivity index (χ1) is 13.1. The number of aryl methyl sites for hydroxylation is 1. The van der Waals surface area contributed by atoms with Gasteiger partial charge in [-0.15, -0.1) is 0 Å². The Morgan fingerprint density at radius 3 is 2.70 bits per heavy atom. The molecule has 0 spiro atoms. The minimum Gasteiger partial charge on any atom is -0.387 e. The van der Waals surface area contributed by atoms with Crippen LogP contribution in [-0.2, 0) is 4.74 Å². The monoisotopic (exact) mass is 403 g/mol. The summed E-state index contributed by atoms with van der Waals surface area (Å²) in [6, 6.07) is 11.8. The van der Waals surface area contributed by atoms with Gasteiger partial charge in [0.1, 0.15) is 0 Å². The number of thiazole rings is 1. The highest BCUT2D eigenvalue weighted by Gasteiger charge is 2.16. The molecule has 3 aromatic rings. The van der Waals surface area contributed by atoms with E-state index in [-0.39, 0.29) is 0 Å². The molecule has 1 aromatic heterocycles. The van der Waals surface area contributed by atoms with E-state index in [0.29, 0.717) is 6.54 Å². The smallest absolute Gasteiger partial charge is 0.188 e. The van der Waals surface area contributed by atoms with E-state index in [4.69, 9.17) is 16.3 Å². The van der Waals surface area contributed by atoms with Crippen LogP contribution in [0.1, 0.15) is 17.2 Å². The third kappa shape index (κ3) is 4.25. The summed E-state index contributed by atoms with van der Waals surface area (Å²) in [5, 5.41) is 15.4. The van der Waals surface area contributed by atoms with Gasteiger partial charge in [0.05, 0.1) is 29.5 Å². The number of rotatable bonds is 5. The Balaban J connectivity index is 1.43. The van der Waals surface area contributed by atoms with E-state index in [9.17, 15) is 5.11 Å². The second-order valence-electron chi connectivity index (χ2n) is 6.71. The topological polar surface area (TPSA) is 57.6 Å². The Labute approximate surface area is 167 Å². The minimum atomic E-state index is -0.496. The lowest BCUT2D eigenvalue weighted by atomic mass is 10.1. The number of hydrogen-bond acceptors (Lipinski definition) is 6. The summed E-state index contributed by atoms with van der Waals surface area (Å²) in [4.78, 5) is 6.89. The molecule has 2 N–H and O–H groups in total. The molecule has 0 aliphatic carbocycles. The second-order valence-corrected chi connectivity index (χ2v) is 8.15. The van der Waals surface area contributed by atoms with Gasteiger partial charge in [-0.3, -0.25) is 4.90 Å². The number of nitrogens with zero attached hydrogens (tertiary/aromatic N) is 2. The standard InChI is InChI=1S/C20H22ClN3O2S/c1-13-16(21)6-7-18-19(13)23-20(27-18)22-15-4-2-14(3-5-15)17(25)12-24-8-10-26-11-9-24/h2-7,17,25H,8-12H2,1H3,(H,22,23). The van der Waals surface area contributed by atoms with Crippen molar-refractivity contribution in [1.29, 1.82) is 0 Å². The Morgan fingerprint density at radius 2 is 1.96 bits per heavy atom. The molecule has 0 radical (unpaired) electrons. The van der Waals surface area contributed by atoms with Crippen LogP contribution in [0.25, 0.3) is 10.2 Å². The van der Waals surface area contributed by atoms with Gasteiger partial charge < -0.3 is 15.2 Å². The van der Waals surface area contributed by atoms with Crippen molar-refractivity contribution in [1.82, 2.24) is 9.88 Å². The molecule has 1 aliphatic heterocycles. The van der Waals surface area contributed by atoms with E-state index in [1.807, 2.05) is 43.3 Å². The lowest BCUT2D eigenvalue weighted by Gasteiger charge is -2.28. The zero-order valence-electron chi connectivity index (χ0n) is 15.1. The Bertz CT molecular complexity index is 923. The van der Waals surface area contributed by atoms with Crippen molar-refractivity contribution < 1.29 is 9.84 Å². The summed E-state index contributed by atoms with van der Waals surface area (Å²) in [7, 11) is 0. The predicted octanol–water partition coefficient (Wildman–Crippen LogP) is 4.37. The van der Waals surface area contributed by atoms with Gasteiger partial charge in [-0.05, 0) is 42.3 Å². The van der Waals surface area contributed by atoms with Gasteiger partial charge in [0.25, 0.3) is 0 Å². The normalized spacial score (nSPS) is 16.6. The van der Waals surface area contributed by atoms with Gasteiger partial charge in [0, 0.05) is 30.3 Å². The van der Waals surface area contributed by atoms with Crippen LogP contribution < -0.4 is 5.32 Å². The molecule has 2 heterocycles. The molecule has 27 heavy (non-hydrogen) atoms. The second kappa shape index (κ2) is 8.12. The quantitative estimate of drug-likeness (QED) is 0.662. The maximum atomic E-state index is 10.5. The van der Waals surface area contributed by atoms with Gasteiger partial charge in [0.15, 0.2) is 5.13 Å². The predicted molar refractivity (Wildman–Crippen MR) is 111 cm³/mol. The molecule has 0 amide bonds. The third-order valence-electron chi connectivity index (χ3n) is 4.83. The van der Waals surface area contributed by atoms with Crippen molar-refractivity contribution in [2.24, 2.45) is 0 Å². The first-order valence-corrected chi connectivity index (χ1v) is 10.2. The number of fused-ring (bicyclic) bond motifs is 1. The van der Waals surface area contributed by atoms with Crippen LogP contribution in [0, 0.1) is 6.92 Å². The van der Waals surface area contributed by atoms with Crippen molar-refractivity contribution in [3.63, 3.8) is 0 Å². The first kappa shape index (κ1) is 18.7. The van der Waals surface area contributed by atoms with Crippen LogP contribution in [0.3, 0.4) is 0 Å². The highest BCUT2D eigenvalue weighted by Crippen LogP contribution is 2.33. The highest BCUT2D eigenvalue weighted by molar-refractivity contribution is 7.22. The molecular formula is C20H22ClN3O2S. The highest BCUT2D eigenvalue weighted by atomic mass is 35.5. The maximum absolute atomic E-state index is 10.5. The number of benzene rings is 2. The summed E-state index contributed by atoms with van der Waals surface area (Å²) < 4.78 is 6.46. The number of nitrogens with one attached hydrogen (secondary N) is 1. The summed E-state index contributed by atoms with van der Waals surface area (Å²) in [6.07, 6.45) is -0.496. The van der Waals surface area contributed by atoms with Gasteiger partial charge >= 0.3 is 0 Å². The first-order valence-electron chi connectivity index (χ1n) is 9.01. The van der Waals surface area contributed by atoms with E-state index in [1.54, 1.807) is 11.3 Å². The van der Waals surface area contributed by atoms with Crippen molar-refractivity contribution in [2.75, 3.05) is 38.2 Å². The summed E-state index contributed by atoms with van der Waals surface area (Å²) in [5.41, 5.74) is 3.80. The van der Waals surface area contributed by atoms with Gasteiger partial charge in [-0.25, -0.2) is 4.98 Å². The van der Waals surface area contributed by atoms with Crippen molar-refractivity contribution in [3.05, 3.63) is 52.5 Å². The molecule has 5 nitrogen and oxygen atoms in total. The van der Waals surface area contributed by atoms with Crippen LogP contribution in [0.4, 0.5) is 10.8 Å². The Morgan fingerprint density at radius 1 is 1.22 bits per heavy atom. The number of ether oxygens (including phenoxy) is 1. The molecule has 1 unspecified atom stereocenters. The molecule has 1 atom stereocenters. The largest absolute Gasteiger partial charge is 0.387 e. The van der Waals surface area contributed by atoms with Crippen LogP contribution in [-0.4, -0.2) is 47.8 Å². The molecule has 1 fully saturated rings. The summed E-state index contributed by atoms with van der Waals surface area (Å²) in [6.45, 7) is 5.84. The third-order valence-corrected chi connectivity index (χ3v) is 6.17. The van der Waals surface area contributed by atoms with Crippen LogP contribution in [0.2, 0.25) is 5.02 Å². The van der Waals surface area contributed by atoms with Crippen LogP contribution in [0.5, 0.6) is 0 Å². The zero-order valence-corrected chi connectivity index (χ0v) is 16.7. The number of aliphatic hydroxyl groups is 1. The lowest BCUT2D eigenvalue weighted by molar-refractivity contribution is 0.0143. The fraction of sp³-hybridized carbons (Fsp3) is 0.350. The zero-order chi connectivity index (χ0) is 18.8. The average Bonchev–Trinajstić information content (AvgIpc) is 3.09. The number of morpholine rings is 1. The summed E-state index contributed by atoms with van der Waals surface area (Å²) in [5.74, 6) is 0. The SMILES string of the molecule is Cc1c(Cl)ccc2sc(Nc3ccc(C(O)CN4CCOCC4)cc3)nc12. The average molecular weight is 404 g/mol. The number of aromatic nitrogens is 1. The Kier molecular flexibility index (Phi) is 5.61. The van der Waals surface area contributed by atoms with E-state index >= 15 is 0 Å². The van der Waals surface area contributed by atoms with Crippen molar-refractivity contribution in [3.8, 4) is 0 Å². The molecule has 142 valence electrons. The van der Waals surface area contributed by atoms with Crippen LogP contribution >= 0.6 is 22.9 Å². The lowest BCUT2D eigenvalue weighted by Crippen LogP contribution is -2.38. The van der Waals surface area contributed by atoms with Gasteiger partial charge in [-0.1, -0.05) is 35.1 Å². The number of anilines is 2. The molecule has 7 heteroatoms. The Hall–Kier alpha value is -1.70. The van der Waals surface area contributed by atoms with E-state index in [2.05, 4.69) is 15.2 Å². The van der Waals surface area contributed by atoms with Crippen molar-refractivity contribution in [2.45, 2.75) is 13.0 Å². The minimum absolute atomic E-state index is 0.496. The number of aliphatic hydroxyl groups excluding tert-OH is 1. The van der Waals surface area contributed by atoms with Crippen molar-refractivity contribution >= 4 is 44.0 Å². The molecule has 1 saturated heterocycles. The molecule has 0 saturated carbocycles. The van der Waals surface area contributed by atoms with E-state index in [1.165, 1.54) is 0 Å². The fourth-order valence-corrected chi connectivity index (χ4v) is 4.30. The molecule has 2 aromatic carbocycles. The summed E-state index contributed by atoms with van der Waals surface area (Å²) >= 11 is 7.78. The van der Waals surface area contributed by atoms with Crippen LogP contribution in [0.15, 0.2) is 36.4 Å². The molecular weight excluding hydrogens is 382 g/mol. The number of β-amino-alcohol motifs (C(OH)–C–C–N with tert-alkyl or cyclic N) is 1. The van der Waals surface area contributed by atoms with Gasteiger partial charge in [-0.2, -0.15) is 0 Å². The number of halogens is 1. The molecule has 1 aliphatic rings. The maximum Gasteiger partial charge on any atom is 0.188 e.